The van der Waals surface area contributed by atoms with E-state index in [2.05, 4.69) is 19.6 Å². The third-order valence-corrected chi connectivity index (χ3v) is 10.6. The standard InChI is InChI=1S/C9H16OSi2/c1-11(2)12(3)10-9-7-5-4-6-8-9/h4-8,11-12H,1-3H3. The van der Waals surface area contributed by atoms with E-state index in [-0.39, 0.29) is 0 Å². The molecule has 0 N–H and O–H groups in total. The lowest BCUT2D eigenvalue weighted by atomic mass is 10.3. The molecule has 1 rings (SSSR count). The third-order valence-electron chi connectivity index (χ3n) is 2.00. The fourth-order valence-electron chi connectivity index (χ4n) is 0.850. The highest BCUT2D eigenvalue weighted by Gasteiger charge is 2.11. The van der Waals surface area contributed by atoms with Crippen molar-refractivity contribution in [3.63, 3.8) is 0 Å². The maximum atomic E-state index is 5.88. The summed E-state index contributed by atoms with van der Waals surface area (Å²) in [4.78, 5) is 0. The van der Waals surface area contributed by atoms with Crippen LogP contribution < -0.4 is 4.43 Å². The SMILES string of the molecule is C[SiH](C)[SiH](C)Oc1ccccc1. The van der Waals surface area contributed by atoms with Gasteiger partial charge in [0.05, 0.1) is 8.31 Å². The van der Waals surface area contributed by atoms with Crippen molar-refractivity contribution in [2.75, 3.05) is 0 Å². The third kappa shape index (κ3) is 2.83. The van der Waals surface area contributed by atoms with Gasteiger partial charge in [0.1, 0.15) is 5.75 Å². The summed E-state index contributed by atoms with van der Waals surface area (Å²) in [5, 5.41) is 0. The van der Waals surface area contributed by atoms with Crippen LogP contribution in [0.25, 0.3) is 0 Å². The second-order valence-corrected chi connectivity index (χ2v) is 14.3. The van der Waals surface area contributed by atoms with Crippen LogP contribution in [-0.4, -0.2) is 16.9 Å². The van der Waals surface area contributed by atoms with E-state index >= 15 is 0 Å². The zero-order chi connectivity index (χ0) is 8.97. The maximum absolute atomic E-state index is 5.88. The number of para-hydroxylation sites is 1. The number of hydrogen-bond donors (Lipinski definition) is 0. The quantitative estimate of drug-likeness (QED) is 0.672. The number of benzene rings is 1. The molecule has 0 aromatic heterocycles. The van der Waals surface area contributed by atoms with E-state index < -0.39 is 16.9 Å². The van der Waals surface area contributed by atoms with Gasteiger partial charge in [-0.25, -0.2) is 0 Å². The fraction of sp³-hybridized carbons (Fsp3) is 0.333. The molecule has 0 spiro atoms. The van der Waals surface area contributed by atoms with Gasteiger partial charge in [-0.05, 0) is 18.7 Å². The molecule has 1 atom stereocenters. The van der Waals surface area contributed by atoms with Gasteiger partial charge in [0, 0.05) is 0 Å². The predicted octanol–water partition coefficient (Wildman–Crippen LogP) is 1.98. The van der Waals surface area contributed by atoms with Gasteiger partial charge in [-0.15, -0.1) is 0 Å². The highest BCUT2D eigenvalue weighted by Crippen LogP contribution is 2.10. The molecule has 12 heavy (non-hydrogen) atoms. The lowest BCUT2D eigenvalue weighted by Gasteiger charge is -2.15. The predicted molar refractivity (Wildman–Crippen MR) is 59.0 cm³/mol. The lowest BCUT2D eigenvalue weighted by molar-refractivity contribution is 0.591. The second kappa shape index (κ2) is 4.47. The lowest BCUT2D eigenvalue weighted by Crippen LogP contribution is -2.32. The van der Waals surface area contributed by atoms with Crippen LogP contribution in [0.5, 0.6) is 5.75 Å². The molecule has 0 saturated heterocycles. The minimum atomic E-state index is -0.863. The summed E-state index contributed by atoms with van der Waals surface area (Å²) in [6, 6.07) is 10.2. The molecule has 1 aromatic rings. The van der Waals surface area contributed by atoms with Gasteiger partial charge < -0.3 is 4.43 Å². The summed E-state index contributed by atoms with van der Waals surface area (Å²) in [5.41, 5.74) is 0. The van der Waals surface area contributed by atoms with E-state index in [0.29, 0.717) is 0 Å². The molecule has 1 nitrogen and oxygen atoms in total. The van der Waals surface area contributed by atoms with E-state index in [1.54, 1.807) is 0 Å². The average molecular weight is 196 g/mol. The maximum Gasteiger partial charge on any atom is 0.213 e. The molecule has 0 bridgehead atoms. The summed E-state index contributed by atoms with van der Waals surface area (Å²) in [7, 11) is -1.38. The van der Waals surface area contributed by atoms with E-state index in [9.17, 15) is 0 Å². The summed E-state index contributed by atoms with van der Waals surface area (Å²) >= 11 is 0. The molecule has 1 aromatic carbocycles. The highest BCUT2D eigenvalue weighted by atomic mass is 29.2. The van der Waals surface area contributed by atoms with E-state index in [1.807, 2.05) is 30.3 Å². The molecule has 1 unspecified atom stereocenters. The number of rotatable bonds is 3. The first-order valence-electron chi connectivity index (χ1n) is 4.42. The molecule has 0 aliphatic heterocycles. The van der Waals surface area contributed by atoms with Gasteiger partial charge in [0.2, 0.25) is 8.56 Å². The Labute approximate surface area is 77.5 Å². The van der Waals surface area contributed by atoms with Crippen molar-refractivity contribution in [3.05, 3.63) is 30.3 Å². The smallest absolute Gasteiger partial charge is 0.213 e. The van der Waals surface area contributed by atoms with E-state index in [0.717, 1.165) is 5.75 Å². The van der Waals surface area contributed by atoms with Crippen LogP contribution in [0.2, 0.25) is 19.6 Å². The van der Waals surface area contributed by atoms with Gasteiger partial charge in [-0.3, -0.25) is 0 Å². The minimum absolute atomic E-state index is 0.518. The van der Waals surface area contributed by atoms with Crippen molar-refractivity contribution in [2.24, 2.45) is 0 Å². The zero-order valence-corrected chi connectivity index (χ0v) is 10.3. The Hall–Kier alpha value is -0.546. The summed E-state index contributed by atoms with van der Waals surface area (Å²) in [6.45, 7) is 7.02. The van der Waals surface area contributed by atoms with Crippen LogP contribution in [0.4, 0.5) is 0 Å². The fourth-order valence-corrected chi connectivity index (χ4v) is 3.00. The molecule has 0 aliphatic rings. The largest absolute Gasteiger partial charge is 0.550 e. The van der Waals surface area contributed by atoms with Crippen molar-refractivity contribution < 1.29 is 4.43 Å². The Balaban J connectivity index is 2.53. The van der Waals surface area contributed by atoms with Crippen molar-refractivity contribution in [1.29, 1.82) is 0 Å². The van der Waals surface area contributed by atoms with Crippen LogP contribution in [0.15, 0.2) is 30.3 Å². The molecule has 0 fully saturated rings. The van der Waals surface area contributed by atoms with Crippen LogP contribution >= 0.6 is 0 Å². The molecule has 0 amide bonds. The Morgan fingerprint density at radius 2 is 1.58 bits per heavy atom. The normalized spacial score (nSPS) is 13.0. The van der Waals surface area contributed by atoms with E-state index in [1.165, 1.54) is 0 Å². The van der Waals surface area contributed by atoms with Crippen molar-refractivity contribution in [2.45, 2.75) is 19.6 Å². The van der Waals surface area contributed by atoms with Gasteiger partial charge >= 0.3 is 0 Å². The molecule has 0 aliphatic carbocycles. The zero-order valence-electron chi connectivity index (χ0n) is 7.95. The Morgan fingerprint density at radius 3 is 2.08 bits per heavy atom. The molecule has 3 heteroatoms. The van der Waals surface area contributed by atoms with Crippen molar-refractivity contribution in [3.8, 4) is 5.75 Å². The highest BCUT2D eigenvalue weighted by molar-refractivity contribution is 7.18. The first kappa shape index (κ1) is 9.54. The summed E-state index contributed by atoms with van der Waals surface area (Å²) in [6.07, 6.45) is 0. The molecule has 0 radical (unpaired) electrons. The molecular formula is C9H16OSi2. The van der Waals surface area contributed by atoms with Crippen molar-refractivity contribution >= 4 is 16.9 Å². The minimum Gasteiger partial charge on any atom is -0.550 e. The Kier molecular flexibility index (Phi) is 3.56. The monoisotopic (exact) mass is 196 g/mol. The number of hydrogen-bond acceptors (Lipinski definition) is 1. The first-order valence-corrected chi connectivity index (χ1v) is 11.0. The summed E-state index contributed by atoms with van der Waals surface area (Å²) < 4.78 is 5.88. The molecule has 66 valence electrons. The van der Waals surface area contributed by atoms with Crippen LogP contribution in [0, 0.1) is 0 Å². The molecular weight excluding hydrogens is 180 g/mol. The van der Waals surface area contributed by atoms with E-state index in [4.69, 9.17) is 4.43 Å². The van der Waals surface area contributed by atoms with Crippen LogP contribution in [0.1, 0.15) is 0 Å². The summed E-state index contributed by atoms with van der Waals surface area (Å²) in [5.74, 6) is 1.05. The van der Waals surface area contributed by atoms with Gasteiger partial charge in [0.25, 0.3) is 0 Å². The average Bonchev–Trinajstić information content (AvgIpc) is 2.06. The second-order valence-electron chi connectivity index (χ2n) is 3.38. The van der Waals surface area contributed by atoms with Crippen molar-refractivity contribution in [1.82, 2.24) is 0 Å². The van der Waals surface area contributed by atoms with Crippen LogP contribution in [0.3, 0.4) is 0 Å². The van der Waals surface area contributed by atoms with Crippen LogP contribution in [-0.2, 0) is 0 Å². The Bertz CT molecular complexity index is 223. The van der Waals surface area contributed by atoms with Gasteiger partial charge in [-0.1, -0.05) is 31.3 Å². The molecule has 0 heterocycles. The Morgan fingerprint density at radius 1 is 1.00 bits per heavy atom. The van der Waals surface area contributed by atoms with Gasteiger partial charge in [0.15, 0.2) is 0 Å². The van der Waals surface area contributed by atoms with Gasteiger partial charge in [-0.2, -0.15) is 0 Å². The topological polar surface area (TPSA) is 9.23 Å². The first-order chi connectivity index (χ1) is 5.70. The molecule has 0 saturated carbocycles.